The summed E-state index contributed by atoms with van der Waals surface area (Å²) in [5.74, 6) is 2.69. The molecule has 0 atom stereocenters. The van der Waals surface area contributed by atoms with Gasteiger partial charge in [-0.25, -0.2) is 13.6 Å². The Labute approximate surface area is 178 Å². The van der Waals surface area contributed by atoms with Crippen LogP contribution in [0.4, 0.5) is 33.5 Å². The first-order valence-electron chi connectivity index (χ1n) is 9.92. The maximum absolute atomic E-state index is 14.7. The van der Waals surface area contributed by atoms with Crippen molar-refractivity contribution in [1.29, 1.82) is 0 Å². The van der Waals surface area contributed by atoms with Crippen LogP contribution in [0.15, 0.2) is 29.3 Å². The Morgan fingerprint density at radius 3 is 2.66 bits per heavy atom. The fraction of sp³-hybridized carbons (Fsp3) is 0.318. The van der Waals surface area contributed by atoms with Gasteiger partial charge in [0, 0.05) is 18.3 Å². The standard InChI is InChI=1S/C22H15F5N4O/c23-14-3-4-15-17(18(14)24)19(30-20(32)29-15)31-9-1-2-13-12(10-28-11-16(13)31)5-6-21(7-8-21)22(25,26)27/h3-4,10-11H,1-2,7-9H2,(H,29,30,32). The number of nitrogens with one attached hydrogen (secondary N) is 1. The van der Waals surface area contributed by atoms with Gasteiger partial charge in [-0.15, -0.1) is 0 Å². The number of nitrogens with zero attached hydrogens (tertiary/aromatic N) is 3. The molecule has 0 unspecified atom stereocenters. The van der Waals surface area contributed by atoms with Gasteiger partial charge in [0.25, 0.3) is 0 Å². The van der Waals surface area contributed by atoms with Crippen LogP contribution in [0, 0.1) is 28.9 Å². The molecule has 0 saturated heterocycles. The van der Waals surface area contributed by atoms with Crippen molar-refractivity contribution in [3.8, 4) is 11.8 Å². The van der Waals surface area contributed by atoms with Gasteiger partial charge >= 0.3 is 11.9 Å². The molecule has 1 aliphatic carbocycles. The van der Waals surface area contributed by atoms with Gasteiger partial charge in [-0.1, -0.05) is 11.8 Å². The lowest BCUT2D eigenvalue weighted by Crippen LogP contribution is -2.29. The lowest BCUT2D eigenvalue weighted by Gasteiger charge is -2.31. The summed E-state index contributed by atoms with van der Waals surface area (Å²) in [5.41, 5.74) is -1.23. The van der Waals surface area contributed by atoms with Crippen molar-refractivity contribution in [3.05, 3.63) is 57.8 Å². The second-order valence-electron chi connectivity index (χ2n) is 7.92. The maximum atomic E-state index is 14.7. The molecule has 1 N–H and O–H groups in total. The maximum Gasteiger partial charge on any atom is 0.405 e. The van der Waals surface area contributed by atoms with E-state index in [0.29, 0.717) is 36.2 Å². The van der Waals surface area contributed by atoms with E-state index in [-0.39, 0.29) is 29.6 Å². The van der Waals surface area contributed by atoms with Crippen LogP contribution in [0.5, 0.6) is 0 Å². The van der Waals surface area contributed by atoms with E-state index in [2.05, 4.69) is 26.8 Å². The molecule has 1 aliphatic heterocycles. The van der Waals surface area contributed by atoms with Crippen molar-refractivity contribution in [2.45, 2.75) is 31.9 Å². The summed E-state index contributed by atoms with van der Waals surface area (Å²) >= 11 is 0. The molecule has 32 heavy (non-hydrogen) atoms. The van der Waals surface area contributed by atoms with Crippen LogP contribution < -0.4 is 10.6 Å². The zero-order valence-corrected chi connectivity index (χ0v) is 16.5. The summed E-state index contributed by atoms with van der Waals surface area (Å²) in [4.78, 5) is 24.0. The van der Waals surface area contributed by atoms with Crippen molar-refractivity contribution in [3.63, 3.8) is 0 Å². The molecule has 5 nitrogen and oxygen atoms in total. The molecule has 3 aromatic rings. The first-order chi connectivity index (χ1) is 15.2. The predicted molar refractivity (Wildman–Crippen MR) is 106 cm³/mol. The van der Waals surface area contributed by atoms with E-state index in [9.17, 15) is 26.7 Å². The highest BCUT2D eigenvalue weighted by molar-refractivity contribution is 5.92. The number of benzene rings is 1. The van der Waals surface area contributed by atoms with E-state index in [1.807, 2.05) is 0 Å². The normalized spacial score (nSPS) is 17.0. The van der Waals surface area contributed by atoms with Crippen LogP contribution in [0.3, 0.4) is 0 Å². The number of hydrogen-bond acceptors (Lipinski definition) is 4. The predicted octanol–water partition coefficient (Wildman–Crippen LogP) is 4.37. The van der Waals surface area contributed by atoms with E-state index in [1.54, 1.807) is 0 Å². The Balaban J connectivity index is 1.65. The first kappa shape index (κ1) is 20.4. The third-order valence-corrected chi connectivity index (χ3v) is 5.89. The van der Waals surface area contributed by atoms with Crippen molar-refractivity contribution >= 4 is 22.4 Å². The van der Waals surface area contributed by atoms with Crippen LogP contribution in [-0.4, -0.2) is 27.7 Å². The van der Waals surface area contributed by atoms with E-state index in [0.717, 1.165) is 6.07 Å². The largest absolute Gasteiger partial charge is 0.405 e. The quantitative estimate of drug-likeness (QED) is 0.445. The lowest BCUT2D eigenvalue weighted by molar-refractivity contribution is -0.168. The minimum Gasteiger partial charge on any atom is -0.324 e. The van der Waals surface area contributed by atoms with Gasteiger partial charge in [0.15, 0.2) is 17.5 Å². The Bertz CT molecular complexity index is 1360. The van der Waals surface area contributed by atoms with E-state index < -0.39 is 28.9 Å². The van der Waals surface area contributed by atoms with Crippen molar-refractivity contribution in [2.24, 2.45) is 5.41 Å². The fourth-order valence-electron chi connectivity index (χ4n) is 3.99. The topological polar surface area (TPSA) is 61.9 Å². The van der Waals surface area contributed by atoms with Crippen LogP contribution >= 0.6 is 0 Å². The Hall–Kier alpha value is -3.48. The van der Waals surface area contributed by atoms with E-state index >= 15 is 0 Å². The smallest absolute Gasteiger partial charge is 0.324 e. The molecule has 0 radical (unpaired) electrons. The van der Waals surface area contributed by atoms with Crippen molar-refractivity contribution < 1.29 is 22.0 Å². The fourth-order valence-corrected chi connectivity index (χ4v) is 3.99. The second kappa shape index (κ2) is 7.02. The number of rotatable bonds is 1. The molecule has 2 aliphatic rings. The highest BCUT2D eigenvalue weighted by Crippen LogP contribution is 2.57. The van der Waals surface area contributed by atoms with Crippen LogP contribution in [0.25, 0.3) is 10.9 Å². The average Bonchev–Trinajstić information content (AvgIpc) is 3.55. The number of pyridine rings is 1. The zero-order valence-electron chi connectivity index (χ0n) is 16.5. The van der Waals surface area contributed by atoms with Gasteiger partial charge in [0.1, 0.15) is 5.41 Å². The van der Waals surface area contributed by atoms with Gasteiger partial charge in [-0.3, -0.25) is 4.98 Å². The SMILES string of the molecule is O=c1nc(N2CCCc3c(C#CC4(C(F)(F)F)CC4)cncc32)c2c(F)c(F)ccc2[nH]1. The summed E-state index contributed by atoms with van der Waals surface area (Å²) in [6.07, 6.45) is -0.562. The number of fused-ring (bicyclic) bond motifs is 2. The third kappa shape index (κ3) is 3.20. The van der Waals surface area contributed by atoms with Crippen molar-refractivity contribution in [2.75, 3.05) is 11.4 Å². The van der Waals surface area contributed by atoms with Crippen molar-refractivity contribution in [1.82, 2.24) is 15.0 Å². The van der Waals surface area contributed by atoms with Crippen LogP contribution in [0.1, 0.15) is 30.4 Å². The minimum atomic E-state index is -4.40. The molecule has 0 spiro atoms. The highest BCUT2D eigenvalue weighted by Gasteiger charge is 2.62. The van der Waals surface area contributed by atoms with Crippen LogP contribution in [-0.2, 0) is 6.42 Å². The van der Waals surface area contributed by atoms with E-state index in [4.69, 9.17) is 0 Å². The van der Waals surface area contributed by atoms with Crippen LogP contribution in [0.2, 0.25) is 0 Å². The molecule has 0 bridgehead atoms. The molecule has 5 rings (SSSR count). The summed E-state index contributed by atoms with van der Waals surface area (Å²) in [6, 6.07) is 2.16. The summed E-state index contributed by atoms with van der Waals surface area (Å²) < 4.78 is 68.3. The molecule has 3 heterocycles. The molecule has 164 valence electrons. The Kier molecular flexibility index (Phi) is 4.48. The number of H-pyrrole nitrogens is 1. The molecule has 1 fully saturated rings. The summed E-state index contributed by atoms with van der Waals surface area (Å²) in [6.45, 7) is 0.333. The molecule has 1 saturated carbocycles. The number of aromatic nitrogens is 3. The number of anilines is 2. The number of alkyl halides is 3. The third-order valence-electron chi connectivity index (χ3n) is 5.89. The Morgan fingerprint density at radius 2 is 1.94 bits per heavy atom. The van der Waals surface area contributed by atoms with Gasteiger partial charge in [-0.2, -0.15) is 18.2 Å². The average molecular weight is 446 g/mol. The highest BCUT2D eigenvalue weighted by atomic mass is 19.4. The summed E-state index contributed by atoms with van der Waals surface area (Å²) in [5, 5.41) is -0.192. The molecule has 2 aromatic heterocycles. The van der Waals surface area contributed by atoms with Gasteiger partial charge in [0.2, 0.25) is 0 Å². The number of halogens is 5. The zero-order chi connectivity index (χ0) is 22.7. The lowest BCUT2D eigenvalue weighted by atomic mass is 9.97. The molecule has 10 heteroatoms. The van der Waals surface area contributed by atoms with Gasteiger partial charge in [0.05, 0.1) is 22.8 Å². The number of hydrogen-bond donors (Lipinski definition) is 1. The molecular weight excluding hydrogens is 431 g/mol. The summed E-state index contributed by atoms with van der Waals surface area (Å²) in [7, 11) is 0. The van der Waals surface area contributed by atoms with E-state index in [1.165, 1.54) is 23.4 Å². The Morgan fingerprint density at radius 1 is 1.16 bits per heavy atom. The van der Waals surface area contributed by atoms with Gasteiger partial charge in [-0.05, 0) is 43.4 Å². The molecule has 0 amide bonds. The number of aromatic amines is 1. The van der Waals surface area contributed by atoms with Gasteiger partial charge < -0.3 is 9.88 Å². The minimum absolute atomic E-state index is 0.0361. The second-order valence-corrected chi connectivity index (χ2v) is 7.92. The molecule has 1 aromatic carbocycles. The monoisotopic (exact) mass is 446 g/mol. The first-order valence-corrected chi connectivity index (χ1v) is 9.92. The molecular formula is C22H15F5N4O.